The lowest BCUT2D eigenvalue weighted by molar-refractivity contribution is 0.359. The first kappa shape index (κ1) is 11.2. The van der Waals surface area contributed by atoms with Crippen LogP contribution < -0.4 is 5.32 Å². The van der Waals surface area contributed by atoms with Gasteiger partial charge in [0.05, 0.1) is 0 Å². The Kier molecular flexibility index (Phi) is 3.47. The highest BCUT2D eigenvalue weighted by Gasteiger charge is 2.34. The molecule has 2 atom stereocenters. The molecule has 1 heterocycles. The third kappa shape index (κ3) is 2.43. The van der Waals surface area contributed by atoms with E-state index in [0.717, 1.165) is 18.4 Å². The predicted molar refractivity (Wildman–Crippen MR) is 67.4 cm³/mol. The van der Waals surface area contributed by atoms with Gasteiger partial charge in [0.25, 0.3) is 0 Å². The van der Waals surface area contributed by atoms with Crippen LogP contribution in [0.3, 0.4) is 0 Å². The van der Waals surface area contributed by atoms with E-state index in [4.69, 9.17) is 0 Å². The van der Waals surface area contributed by atoms with Gasteiger partial charge in [-0.1, -0.05) is 13.8 Å². The van der Waals surface area contributed by atoms with Gasteiger partial charge in [-0.15, -0.1) is 11.3 Å². The van der Waals surface area contributed by atoms with E-state index in [1.807, 2.05) is 11.3 Å². The van der Waals surface area contributed by atoms with E-state index in [9.17, 15) is 0 Å². The Morgan fingerprint density at radius 2 is 2.27 bits per heavy atom. The summed E-state index contributed by atoms with van der Waals surface area (Å²) in [5.41, 5.74) is 1.46. The molecule has 15 heavy (non-hydrogen) atoms. The van der Waals surface area contributed by atoms with Gasteiger partial charge in [0, 0.05) is 10.9 Å². The molecule has 1 aromatic heterocycles. The third-order valence-electron chi connectivity index (χ3n) is 3.50. The summed E-state index contributed by atoms with van der Waals surface area (Å²) in [5.74, 6) is 1.76. The Morgan fingerprint density at radius 3 is 2.73 bits per heavy atom. The largest absolute Gasteiger partial charge is 0.309 e. The van der Waals surface area contributed by atoms with Crippen molar-refractivity contribution in [3.8, 4) is 0 Å². The number of hydrogen-bond acceptors (Lipinski definition) is 2. The van der Waals surface area contributed by atoms with Crippen LogP contribution in [-0.2, 0) is 0 Å². The second kappa shape index (κ2) is 4.67. The van der Waals surface area contributed by atoms with Crippen LogP contribution in [0.2, 0.25) is 0 Å². The van der Waals surface area contributed by atoms with E-state index in [2.05, 4.69) is 37.5 Å². The quantitative estimate of drug-likeness (QED) is 0.801. The van der Waals surface area contributed by atoms with Crippen LogP contribution in [0.4, 0.5) is 0 Å². The van der Waals surface area contributed by atoms with Crippen molar-refractivity contribution in [2.75, 3.05) is 6.54 Å². The highest BCUT2D eigenvalue weighted by Crippen LogP contribution is 2.44. The predicted octanol–water partition coefficient (Wildman–Crippen LogP) is 3.75. The van der Waals surface area contributed by atoms with E-state index in [-0.39, 0.29) is 0 Å². The van der Waals surface area contributed by atoms with Gasteiger partial charge < -0.3 is 5.32 Å². The zero-order valence-corrected chi connectivity index (χ0v) is 10.7. The van der Waals surface area contributed by atoms with Crippen LogP contribution in [0.1, 0.15) is 43.2 Å². The Balaban J connectivity index is 2.14. The number of aryl methyl sites for hydroxylation is 1. The van der Waals surface area contributed by atoms with E-state index in [1.165, 1.54) is 18.4 Å². The minimum Gasteiger partial charge on any atom is -0.309 e. The molecule has 1 aliphatic rings. The van der Waals surface area contributed by atoms with Crippen molar-refractivity contribution in [3.63, 3.8) is 0 Å². The Morgan fingerprint density at radius 1 is 1.53 bits per heavy atom. The molecule has 2 rings (SSSR count). The maximum Gasteiger partial charge on any atom is 0.0446 e. The summed E-state index contributed by atoms with van der Waals surface area (Å²) in [6, 6.07) is 2.83. The molecule has 0 aromatic carbocycles. The average Bonchev–Trinajstić information content (AvgIpc) is 2.98. The van der Waals surface area contributed by atoms with Crippen molar-refractivity contribution in [3.05, 3.63) is 21.9 Å². The SMILES string of the molecule is CCNC(c1sccc1C)C(C)C1CC1. The molecule has 1 nitrogen and oxygen atoms in total. The molecule has 1 aliphatic carbocycles. The Labute approximate surface area is 96.9 Å². The molecular formula is C13H21NS. The summed E-state index contributed by atoms with van der Waals surface area (Å²) in [6.07, 6.45) is 2.88. The van der Waals surface area contributed by atoms with Crippen LogP contribution in [0.15, 0.2) is 11.4 Å². The van der Waals surface area contributed by atoms with Crippen molar-refractivity contribution < 1.29 is 0 Å². The van der Waals surface area contributed by atoms with E-state index >= 15 is 0 Å². The molecule has 0 amide bonds. The molecule has 2 heteroatoms. The van der Waals surface area contributed by atoms with Crippen LogP contribution >= 0.6 is 11.3 Å². The summed E-state index contributed by atoms with van der Waals surface area (Å²) in [7, 11) is 0. The highest BCUT2D eigenvalue weighted by molar-refractivity contribution is 7.10. The van der Waals surface area contributed by atoms with Gasteiger partial charge in [-0.05, 0) is 55.2 Å². The van der Waals surface area contributed by atoms with Gasteiger partial charge in [0.2, 0.25) is 0 Å². The van der Waals surface area contributed by atoms with Crippen molar-refractivity contribution >= 4 is 11.3 Å². The van der Waals surface area contributed by atoms with Crippen LogP contribution in [0.5, 0.6) is 0 Å². The standard InChI is InChI=1S/C13H21NS/c1-4-14-12(10(3)11-5-6-11)13-9(2)7-8-15-13/h7-8,10-12,14H,4-6H2,1-3H3. The molecule has 2 unspecified atom stereocenters. The molecule has 1 aromatic rings. The number of thiophene rings is 1. The summed E-state index contributed by atoms with van der Waals surface area (Å²) in [4.78, 5) is 1.55. The van der Waals surface area contributed by atoms with Crippen LogP contribution in [0, 0.1) is 18.8 Å². The molecule has 1 fully saturated rings. The second-order valence-corrected chi connectivity index (χ2v) is 5.65. The fourth-order valence-electron chi connectivity index (χ4n) is 2.33. The van der Waals surface area contributed by atoms with Gasteiger partial charge in [0.15, 0.2) is 0 Å². The fourth-order valence-corrected chi connectivity index (χ4v) is 3.45. The lowest BCUT2D eigenvalue weighted by Crippen LogP contribution is -2.27. The average molecular weight is 223 g/mol. The lowest BCUT2D eigenvalue weighted by Gasteiger charge is -2.24. The zero-order chi connectivity index (χ0) is 10.8. The normalized spacial score (nSPS) is 20.2. The molecular weight excluding hydrogens is 202 g/mol. The zero-order valence-electron chi connectivity index (χ0n) is 9.92. The number of hydrogen-bond donors (Lipinski definition) is 1. The van der Waals surface area contributed by atoms with Crippen molar-refractivity contribution in [1.82, 2.24) is 5.32 Å². The molecule has 0 bridgehead atoms. The fraction of sp³-hybridized carbons (Fsp3) is 0.692. The van der Waals surface area contributed by atoms with Gasteiger partial charge in [0.1, 0.15) is 0 Å². The van der Waals surface area contributed by atoms with E-state index < -0.39 is 0 Å². The lowest BCUT2D eigenvalue weighted by atomic mass is 9.94. The molecule has 1 N–H and O–H groups in total. The van der Waals surface area contributed by atoms with E-state index in [0.29, 0.717) is 6.04 Å². The highest BCUT2D eigenvalue weighted by atomic mass is 32.1. The molecule has 0 radical (unpaired) electrons. The summed E-state index contributed by atoms with van der Waals surface area (Å²) >= 11 is 1.91. The summed E-state index contributed by atoms with van der Waals surface area (Å²) < 4.78 is 0. The Bertz CT molecular complexity index is 314. The van der Waals surface area contributed by atoms with Gasteiger partial charge in [-0.3, -0.25) is 0 Å². The number of rotatable bonds is 5. The minimum atomic E-state index is 0.586. The van der Waals surface area contributed by atoms with Crippen LogP contribution in [0.25, 0.3) is 0 Å². The van der Waals surface area contributed by atoms with E-state index in [1.54, 1.807) is 4.88 Å². The van der Waals surface area contributed by atoms with Crippen molar-refractivity contribution in [1.29, 1.82) is 0 Å². The third-order valence-corrected chi connectivity index (χ3v) is 4.60. The monoisotopic (exact) mass is 223 g/mol. The maximum absolute atomic E-state index is 3.66. The van der Waals surface area contributed by atoms with Crippen molar-refractivity contribution in [2.24, 2.45) is 11.8 Å². The molecule has 0 aliphatic heterocycles. The smallest absolute Gasteiger partial charge is 0.0446 e. The molecule has 1 saturated carbocycles. The van der Waals surface area contributed by atoms with Gasteiger partial charge in [-0.25, -0.2) is 0 Å². The first-order valence-corrected chi connectivity index (χ1v) is 6.89. The van der Waals surface area contributed by atoms with Crippen molar-refractivity contribution in [2.45, 2.75) is 39.7 Å². The first-order chi connectivity index (χ1) is 7.24. The van der Waals surface area contributed by atoms with Gasteiger partial charge >= 0.3 is 0 Å². The second-order valence-electron chi connectivity index (χ2n) is 4.70. The minimum absolute atomic E-state index is 0.586. The number of nitrogens with one attached hydrogen (secondary N) is 1. The van der Waals surface area contributed by atoms with Crippen LogP contribution in [-0.4, -0.2) is 6.54 Å². The van der Waals surface area contributed by atoms with Gasteiger partial charge in [-0.2, -0.15) is 0 Å². The summed E-state index contributed by atoms with van der Waals surface area (Å²) in [6.45, 7) is 7.91. The topological polar surface area (TPSA) is 12.0 Å². The maximum atomic E-state index is 3.66. The first-order valence-electron chi connectivity index (χ1n) is 6.01. The molecule has 0 saturated heterocycles. The Hall–Kier alpha value is -0.340. The summed E-state index contributed by atoms with van der Waals surface area (Å²) in [5, 5.41) is 5.87. The molecule has 0 spiro atoms. The molecule has 84 valence electrons.